The standard InChI is InChI=1S/C7H16O2P2/c1-3-5(2)4-6(8)9-7(10)11/h5,7H,3-4,10-11H2,1-2H3/p+1. The van der Waals surface area contributed by atoms with Gasteiger partial charge in [-0.2, -0.15) is 0 Å². The Bertz CT molecular complexity index is 126. The van der Waals surface area contributed by atoms with E-state index in [9.17, 15) is 4.79 Å². The number of hydrogen-bond acceptors (Lipinski definition) is 2. The molecule has 4 heteroatoms. The molecule has 4 unspecified atom stereocenters. The van der Waals surface area contributed by atoms with Crippen LogP contribution in [0.3, 0.4) is 0 Å². The Morgan fingerprint density at radius 1 is 1.73 bits per heavy atom. The molecule has 2 nitrogen and oxygen atoms in total. The monoisotopic (exact) mass is 195 g/mol. The van der Waals surface area contributed by atoms with Gasteiger partial charge in [0.25, 0.3) is 0 Å². The van der Waals surface area contributed by atoms with Crippen molar-refractivity contribution in [3.8, 4) is 0 Å². The van der Waals surface area contributed by atoms with Gasteiger partial charge in [-0.1, -0.05) is 29.5 Å². The maximum atomic E-state index is 11.0. The van der Waals surface area contributed by atoms with E-state index in [0.717, 1.165) is 6.42 Å². The molecule has 66 valence electrons. The highest BCUT2D eigenvalue weighted by Crippen LogP contribution is 2.14. The summed E-state index contributed by atoms with van der Waals surface area (Å²) in [7, 11) is 4.09. The molecule has 0 saturated carbocycles. The number of esters is 1. The van der Waals surface area contributed by atoms with Gasteiger partial charge in [0, 0.05) is 15.7 Å². The van der Waals surface area contributed by atoms with Crippen molar-refractivity contribution in [3.63, 3.8) is 0 Å². The third-order valence-electron chi connectivity index (χ3n) is 1.49. The molecule has 0 radical (unpaired) electrons. The van der Waals surface area contributed by atoms with Crippen LogP contribution in [0.4, 0.5) is 0 Å². The zero-order valence-electron chi connectivity index (χ0n) is 7.17. The minimum Gasteiger partial charge on any atom is -0.425 e. The molecule has 0 N–H and O–H groups in total. The molecule has 0 aliphatic carbocycles. The van der Waals surface area contributed by atoms with Crippen LogP contribution in [0.1, 0.15) is 26.7 Å². The van der Waals surface area contributed by atoms with E-state index < -0.39 is 0 Å². The second kappa shape index (κ2) is 5.91. The van der Waals surface area contributed by atoms with Crippen LogP contribution < -0.4 is 0 Å². The predicted molar refractivity (Wildman–Crippen MR) is 54.8 cm³/mol. The lowest BCUT2D eigenvalue weighted by Crippen LogP contribution is -2.10. The van der Waals surface area contributed by atoms with Gasteiger partial charge in [0.15, 0.2) is 0 Å². The lowest BCUT2D eigenvalue weighted by atomic mass is 10.1. The van der Waals surface area contributed by atoms with E-state index in [2.05, 4.69) is 23.1 Å². The van der Waals surface area contributed by atoms with Gasteiger partial charge >= 0.3 is 5.97 Å². The average molecular weight is 195 g/mol. The first-order chi connectivity index (χ1) is 5.06. The quantitative estimate of drug-likeness (QED) is 0.504. The van der Waals surface area contributed by atoms with E-state index >= 15 is 0 Å². The summed E-state index contributed by atoms with van der Waals surface area (Å²) in [5.74, 6) is 0.351. The molecule has 0 rings (SSSR count). The van der Waals surface area contributed by atoms with Crippen molar-refractivity contribution in [3.05, 3.63) is 0 Å². The smallest absolute Gasteiger partial charge is 0.309 e. The molecular weight excluding hydrogens is 178 g/mol. The molecule has 0 aromatic heterocycles. The van der Waals surface area contributed by atoms with E-state index in [1.165, 1.54) is 0 Å². The summed E-state index contributed by atoms with van der Waals surface area (Å²) < 4.78 is 4.96. The Hall–Kier alpha value is 0.330. The normalized spacial score (nSPS) is 15.9. The highest BCUT2D eigenvalue weighted by molar-refractivity contribution is 7.37. The molecule has 0 heterocycles. The zero-order valence-corrected chi connectivity index (χ0v) is 9.74. The molecule has 0 aromatic carbocycles. The maximum absolute atomic E-state index is 11.0. The topological polar surface area (TPSA) is 26.3 Å². The fourth-order valence-corrected chi connectivity index (χ4v) is 0.983. The van der Waals surface area contributed by atoms with E-state index in [4.69, 9.17) is 4.74 Å². The first-order valence-corrected chi connectivity index (χ1v) is 5.32. The van der Waals surface area contributed by atoms with Crippen LogP contribution in [-0.2, 0) is 9.53 Å². The number of carbonyl (C=O) groups excluding carboxylic acids is 1. The van der Waals surface area contributed by atoms with Crippen LogP contribution >= 0.6 is 18.5 Å². The summed E-state index contributed by atoms with van der Waals surface area (Å²) in [4.78, 5) is 11.0. The van der Waals surface area contributed by atoms with Gasteiger partial charge in [0.2, 0.25) is 5.59 Å². The van der Waals surface area contributed by atoms with Gasteiger partial charge in [0.05, 0.1) is 0 Å². The minimum absolute atomic E-state index is 0.0356. The van der Waals surface area contributed by atoms with Crippen molar-refractivity contribution >= 4 is 24.4 Å². The number of hydrogen-bond donors (Lipinski definition) is 0. The summed E-state index contributed by atoms with van der Waals surface area (Å²) in [5, 5.41) is 0. The third kappa shape index (κ3) is 6.72. The molecule has 11 heavy (non-hydrogen) atoms. The van der Waals surface area contributed by atoms with E-state index in [1.54, 1.807) is 9.24 Å². The molecule has 4 atom stereocenters. The highest BCUT2D eigenvalue weighted by atomic mass is 31.1. The molecule has 0 aliphatic rings. The van der Waals surface area contributed by atoms with E-state index in [1.807, 2.05) is 0 Å². The SMILES string of the molecule is CCC(C)CC(=O)OC(P)[PH3+]. The lowest BCUT2D eigenvalue weighted by Gasteiger charge is -2.08. The molecule has 0 bridgehead atoms. The maximum Gasteiger partial charge on any atom is 0.309 e. The number of ether oxygens (including phenoxy) is 1. The summed E-state index contributed by atoms with van der Waals surface area (Å²) in [6, 6.07) is 0. The van der Waals surface area contributed by atoms with E-state index in [-0.39, 0.29) is 11.6 Å². The Morgan fingerprint density at radius 2 is 2.27 bits per heavy atom. The molecule has 0 amide bonds. The third-order valence-corrected chi connectivity index (χ3v) is 1.80. The molecule has 0 aliphatic heterocycles. The lowest BCUT2D eigenvalue weighted by molar-refractivity contribution is -0.143. The van der Waals surface area contributed by atoms with Crippen LogP contribution in [0.2, 0.25) is 0 Å². The van der Waals surface area contributed by atoms with Crippen molar-refractivity contribution < 1.29 is 9.53 Å². The summed E-state index contributed by atoms with van der Waals surface area (Å²) in [6.45, 7) is 4.13. The minimum atomic E-state index is -0.0886. The largest absolute Gasteiger partial charge is 0.425 e. The molecule has 0 fully saturated rings. The first kappa shape index (κ1) is 11.3. The average Bonchev–Trinajstić information content (AvgIpc) is 1.85. The first-order valence-electron chi connectivity index (χ1n) is 3.84. The van der Waals surface area contributed by atoms with Crippen LogP contribution in [0.15, 0.2) is 0 Å². The van der Waals surface area contributed by atoms with Crippen LogP contribution in [0, 0.1) is 5.92 Å². The van der Waals surface area contributed by atoms with Gasteiger partial charge in [-0.05, 0) is 5.92 Å². The van der Waals surface area contributed by atoms with Gasteiger partial charge in [0.1, 0.15) is 0 Å². The summed E-state index contributed by atoms with van der Waals surface area (Å²) >= 11 is 0. The van der Waals surface area contributed by atoms with Crippen molar-refractivity contribution in [2.75, 3.05) is 0 Å². The molecule has 0 aromatic rings. The van der Waals surface area contributed by atoms with Gasteiger partial charge in [-0.15, -0.1) is 0 Å². The Morgan fingerprint density at radius 3 is 2.64 bits per heavy atom. The fraction of sp³-hybridized carbons (Fsp3) is 0.857. The van der Waals surface area contributed by atoms with Crippen molar-refractivity contribution in [1.82, 2.24) is 0 Å². The number of rotatable bonds is 4. The Kier molecular flexibility index (Phi) is 6.09. The Balaban J connectivity index is 3.52. The summed E-state index contributed by atoms with van der Waals surface area (Å²) in [6.07, 6.45) is 1.57. The van der Waals surface area contributed by atoms with Crippen molar-refractivity contribution in [2.45, 2.75) is 32.3 Å². The van der Waals surface area contributed by atoms with Crippen LogP contribution in [-0.4, -0.2) is 11.6 Å². The van der Waals surface area contributed by atoms with E-state index in [0.29, 0.717) is 12.3 Å². The molecule has 0 saturated heterocycles. The van der Waals surface area contributed by atoms with Crippen LogP contribution in [0.5, 0.6) is 0 Å². The predicted octanol–water partition coefficient (Wildman–Crippen LogP) is 1.73. The second-order valence-electron chi connectivity index (χ2n) is 2.75. The summed E-state index contributed by atoms with van der Waals surface area (Å²) in [5.41, 5.74) is -0.0356. The van der Waals surface area contributed by atoms with Crippen molar-refractivity contribution in [1.29, 1.82) is 0 Å². The van der Waals surface area contributed by atoms with Crippen LogP contribution in [0.25, 0.3) is 0 Å². The van der Waals surface area contributed by atoms with Crippen molar-refractivity contribution in [2.24, 2.45) is 5.92 Å². The second-order valence-corrected chi connectivity index (χ2v) is 5.24. The Labute approximate surface area is 72.9 Å². The molecular formula is C7H17O2P2+. The zero-order chi connectivity index (χ0) is 8.85. The highest BCUT2D eigenvalue weighted by Gasteiger charge is 2.10. The molecule has 0 spiro atoms. The van der Waals surface area contributed by atoms with Gasteiger partial charge in [-0.25, -0.2) is 0 Å². The number of carbonyl (C=O) groups is 1. The fourth-order valence-electron chi connectivity index (χ4n) is 0.646. The van der Waals surface area contributed by atoms with Gasteiger partial charge in [-0.3, -0.25) is 4.79 Å². The van der Waals surface area contributed by atoms with Gasteiger partial charge < -0.3 is 4.74 Å².